The Hall–Kier alpha value is -2.58. The van der Waals surface area contributed by atoms with Gasteiger partial charge in [-0.15, -0.1) is 0 Å². The molecular weight excluding hydrogens is 441 g/mol. The first-order valence-electron chi connectivity index (χ1n) is 9.41. The Bertz CT molecular complexity index is 935. The summed E-state index contributed by atoms with van der Waals surface area (Å²) in [6, 6.07) is 13.6. The van der Waals surface area contributed by atoms with Crippen LogP contribution >= 0.6 is 15.9 Å². The summed E-state index contributed by atoms with van der Waals surface area (Å²) >= 11 is 3.21. The lowest BCUT2D eigenvalue weighted by Crippen LogP contribution is -2.49. The van der Waals surface area contributed by atoms with Gasteiger partial charge in [-0.05, 0) is 64.5 Å². The molecule has 6 nitrogen and oxygen atoms in total. The first kappa shape index (κ1) is 19.7. The molecule has 1 aromatic carbocycles. The van der Waals surface area contributed by atoms with Crippen molar-refractivity contribution in [2.24, 2.45) is 0 Å². The number of amides is 1. The van der Waals surface area contributed by atoms with E-state index in [0.717, 1.165) is 37.6 Å². The molecule has 1 N–H and O–H groups in total. The fraction of sp³-hybridized carbons (Fsp3) is 0.286. The first-order valence-corrected chi connectivity index (χ1v) is 10.2. The number of carbonyl (C=O) groups excluding carboxylic acids is 1. The Morgan fingerprint density at radius 3 is 2.48 bits per heavy atom. The van der Waals surface area contributed by atoms with E-state index in [-0.39, 0.29) is 23.5 Å². The van der Waals surface area contributed by atoms with Gasteiger partial charge in [-0.2, -0.15) is 0 Å². The first-order chi connectivity index (χ1) is 14.1. The predicted molar refractivity (Wildman–Crippen MR) is 110 cm³/mol. The second-order valence-corrected chi connectivity index (χ2v) is 7.63. The van der Waals surface area contributed by atoms with Crippen LogP contribution in [0.4, 0.5) is 10.1 Å². The highest BCUT2D eigenvalue weighted by Crippen LogP contribution is 2.25. The van der Waals surface area contributed by atoms with Crippen LogP contribution in [0.25, 0.3) is 0 Å². The van der Waals surface area contributed by atoms with Gasteiger partial charge >= 0.3 is 0 Å². The van der Waals surface area contributed by atoms with Crippen molar-refractivity contribution in [1.82, 2.24) is 10.2 Å². The second-order valence-electron chi connectivity index (χ2n) is 6.84. The summed E-state index contributed by atoms with van der Waals surface area (Å²) in [5.74, 6) is 0.569. The minimum absolute atomic E-state index is 0.0808. The van der Waals surface area contributed by atoms with Crippen LogP contribution in [0.5, 0.6) is 0 Å². The quantitative estimate of drug-likeness (QED) is 0.599. The van der Waals surface area contributed by atoms with E-state index in [1.807, 2.05) is 12.1 Å². The number of benzene rings is 1. The van der Waals surface area contributed by atoms with Gasteiger partial charge in [-0.3, -0.25) is 9.69 Å². The number of furan rings is 2. The second kappa shape index (κ2) is 8.84. The van der Waals surface area contributed by atoms with Crippen LogP contribution in [-0.4, -0.2) is 43.5 Å². The molecular formula is C21H21BrFN3O3. The highest BCUT2D eigenvalue weighted by Gasteiger charge is 2.28. The molecule has 0 bridgehead atoms. The number of hydrogen-bond donors (Lipinski definition) is 1. The molecule has 1 aliphatic heterocycles. The van der Waals surface area contributed by atoms with Crippen LogP contribution in [0, 0.1) is 5.82 Å². The maximum Gasteiger partial charge on any atom is 0.287 e. The maximum absolute atomic E-state index is 13.2. The molecule has 29 heavy (non-hydrogen) atoms. The molecule has 0 radical (unpaired) electrons. The Morgan fingerprint density at radius 2 is 1.86 bits per heavy atom. The molecule has 8 heteroatoms. The van der Waals surface area contributed by atoms with Gasteiger partial charge in [-0.1, -0.05) is 0 Å². The van der Waals surface area contributed by atoms with Crippen molar-refractivity contribution in [2.45, 2.75) is 6.04 Å². The zero-order valence-corrected chi connectivity index (χ0v) is 17.3. The zero-order valence-electron chi connectivity index (χ0n) is 15.7. The average Bonchev–Trinajstić information content (AvgIpc) is 3.41. The molecule has 1 fully saturated rings. The number of nitrogens with one attached hydrogen (secondary N) is 1. The normalized spacial score (nSPS) is 16.0. The molecule has 1 unspecified atom stereocenters. The Labute approximate surface area is 176 Å². The van der Waals surface area contributed by atoms with E-state index in [4.69, 9.17) is 8.83 Å². The highest BCUT2D eigenvalue weighted by molar-refractivity contribution is 9.10. The van der Waals surface area contributed by atoms with E-state index in [2.05, 4.69) is 31.0 Å². The summed E-state index contributed by atoms with van der Waals surface area (Å²) in [6.45, 7) is 3.61. The molecule has 1 amide bonds. The van der Waals surface area contributed by atoms with Gasteiger partial charge in [0.1, 0.15) is 11.6 Å². The summed E-state index contributed by atoms with van der Waals surface area (Å²) in [4.78, 5) is 16.9. The summed E-state index contributed by atoms with van der Waals surface area (Å²) in [5.41, 5.74) is 1.01. The van der Waals surface area contributed by atoms with Crippen LogP contribution in [0.3, 0.4) is 0 Å². The third-order valence-corrected chi connectivity index (χ3v) is 5.50. The Balaban J connectivity index is 1.40. The lowest BCUT2D eigenvalue weighted by molar-refractivity contribution is 0.0894. The van der Waals surface area contributed by atoms with Crippen LogP contribution in [-0.2, 0) is 0 Å². The number of hydrogen-bond acceptors (Lipinski definition) is 5. The summed E-state index contributed by atoms with van der Waals surface area (Å²) in [6.07, 6.45) is 1.64. The molecule has 0 spiro atoms. The minimum atomic E-state index is -0.266. The number of carbonyl (C=O) groups is 1. The van der Waals surface area contributed by atoms with Gasteiger partial charge in [0.15, 0.2) is 10.4 Å². The Kier molecular flexibility index (Phi) is 6.01. The van der Waals surface area contributed by atoms with Crippen molar-refractivity contribution < 1.29 is 18.0 Å². The highest BCUT2D eigenvalue weighted by atomic mass is 79.9. The van der Waals surface area contributed by atoms with E-state index in [1.165, 1.54) is 12.1 Å². The molecule has 1 saturated heterocycles. The van der Waals surface area contributed by atoms with E-state index in [0.29, 0.717) is 11.2 Å². The van der Waals surface area contributed by atoms with Crippen molar-refractivity contribution in [2.75, 3.05) is 37.6 Å². The Morgan fingerprint density at radius 1 is 1.10 bits per heavy atom. The number of nitrogens with zero attached hydrogens (tertiary/aromatic N) is 2. The standard InChI is InChI=1S/C21H21BrFN3O3/c22-20-8-7-19(29-20)21(27)24-14-17(18-2-1-13-28-18)26-11-9-25(10-12-26)16-5-3-15(23)4-6-16/h1-8,13,17H,9-12,14H2,(H,24,27). The number of piperazine rings is 1. The van der Waals surface area contributed by atoms with Gasteiger partial charge in [0.05, 0.1) is 12.3 Å². The molecule has 0 saturated carbocycles. The largest absolute Gasteiger partial charge is 0.468 e. The van der Waals surface area contributed by atoms with Crippen LogP contribution in [0.1, 0.15) is 22.4 Å². The molecule has 2 aromatic heterocycles. The topological polar surface area (TPSA) is 61.9 Å². The predicted octanol–water partition coefficient (Wildman–Crippen LogP) is 4.07. The lowest BCUT2D eigenvalue weighted by Gasteiger charge is -2.39. The molecule has 4 rings (SSSR count). The van der Waals surface area contributed by atoms with Gasteiger partial charge < -0.3 is 19.1 Å². The summed E-state index contributed by atoms with van der Waals surface area (Å²) in [5, 5.41) is 2.94. The molecule has 3 heterocycles. The number of rotatable bonds is 6. The fourth-order valence-corrected chi connectivity index (χ4v) is 3.85. The minimum Gasteiger partial charge on any atom is -0.468 e. The smallest absolute Gasteiger partial charge is 0.287 e. The van der Waals surface area contributed by atoms with Crippen molar-refractivity contribution in [3.63, 3.8) is 0 Å². The summed E-state index contributed by atoms with van der Waals surface area (Å²) < 4.78 is 24.6. The molecule has 1 aliphatic rings. The molecule has 3 aromatic rings. The van der Waals surface area contributed by atoms with E-state index < -0.39 is 0 Å². The van der Waals surface area contributed by atoms with Gasteiger partial charge in [0, 0.05) is 38.4 Å². The maximum atomic E-state index is 13.2. The van der Waals surface area contributed by atoms with Crippen molar-refractivity contribution in [3.8, 4) is 0 Å². The molecule has 0 aliphatic carbocycles. The van der Waals surface area contributed by atoms with Crippen molar-refractivity contribution >= 4 is 27.5 Å². The molecule has 1 atom stereocenters. The summed E-state index contributed by atoms with van der Waals surface area (Å²) in [7, 11) is 0. The average molecular weight is 462 g/mol. The van der Waals surface area contributed by atoms with Gasteiger partial charge in [0.2, 0.25) is 0 Å². The van der Waals surface area contributed by atoms with E-state index in [1.54, 1.807) is 30.5 Å². The van der Waals surface area contributed by atoms with Crippen molar-refractivity contribution in [3.05, 3.63) is 76.8 Å². The van der Waals surface area contributed by atoms with Gasteiger partial charge in [-0.25, -0.2) is 4.39 Å². The van der Waals surface area contributed by atoms with Crippen LogP contribution in [0.2, 0.25) is 0 Å². The monoisotopic (exact) mass is 461 g/mol. The molecule has 152 valence electrons. The van der Waals surface area contributed by atoms with Crippen LogP contribution < -0.4 is 10.2 Å². The van der Waals surface area contributed by atoms with Crippen LogP contribution in [0.15, 0.2) is 68.3 Å². The van der Waals surface area contributed by atoms with E-state index >= 15 is 0 Å². The SMILES string of the molecule is O=C(NCC(c1ccco1)N1CCN(c2ccc(F)cc2)CC1)c1ccc(Br)o1. The zero-order chi connectivity index (χ0) is 20.2. The number of halogens is 2. The van der Waals surface area contributed by atoms with Gasteiger partial charge in [0.25, 0.3) is 5.91 Å². The third kappa shape index (κ3) is 4.71. The fourth-order valence-electron chi connectivity index (χ4n) is 3.55. The number of anilines is 1. The lowest BCUT2D eigenvalue weighted by atomic mass is 10.1. The van der Waals surface area contributed by atoms with E-state index in [9.17, 15) is 9.18 Å². The third-order valence-electron chi connectivity index (χ3n) is 5.07. The van der Waals surface area contributed by atoms with Crippen molar-refractivity contribution in [1.29, 1.82) is 0 Å².